The van der Waals surface area contributed by atoms with E-state index in [0.717, 1.165) is 22.7 Å². The van der Waals surface area contributed by atoms with Crippen molar-refractivity contribution in [2.24, 2.45) is 0 Å². The van der Waals surface area contributed by atoms with Gasteiger partial charge in [0, 0.05) is 24.7 Å². The van der Waals surface area contributed by atoms with Gasteiger partial charge in [0.05, 0.1) is 18.3 Å². The Kier molecular flexibility index (Phi) is 5.92. The molecule has 0 unspecified atom stereocenters. The number of anilines is 1. The highest BCUT2D eigenvalue weighted by molar-refractivity contribution is 7.10. The zero-order valence-electron chi connectivity index (χ0n) is 14.0. The van der Waals surface area contributed by atoms with E-state index in [9.17, 15) is 4.79 Å². The van der Waals surface area contributed by atoms with Gasteiger partial charge in [0.15, 0.2) is 0 Å². The van der Waals surface area contributed by atoms with Gasteiger partial charge in [-0.05, 0) is 30.9 Å². The molecule has 0 bridgehead atoms. The molecule has 2 rings (SSSR count). The summed E-state index contributed by atoms with van der Waals surface area (Å²) in [7, 11) is 3.79. The summed E-state index contributed by atoms with van der Waals surface area (Å²) in [4.78, 5) is 23.9. The maximum absolute atomic E-state index is 12.1. The first-order valence-corrected chi connectivity index (χ1v) is 8.47. The van der Waals surface area contributed by atoms with E-state index in [1.807, 2.05) is 49.5 Å². The van der Waals surface area contributed by atoms with Gasteiger partial charge in [-0.3, -0.25) is 0 Å². The topological polar surface area (TPSA) is 70.2 Å². The lowest BCUT2D eigenvalue weighted by molar-refractivity contribution is 0.236. The van der Waals surface area contributed by atoms with Crippen LogP contribution in [0.1, 0.15) is 35.7 Å². The third-order valence-electron chi connectivity index (χ3n) is 3.33. The second kappa shape index (κ2) is 7.92. The molecule has 2 heterocycles. The van der Waals surface area contributed by atoms with E-state index in [-0.39, 0.29) is 12.1 Å². The summed E-state index contributed by atoms with van der Waals surface area (Å²) in [6.07, 6.45) is 0.853. The molecule has 0 aliphatic heterocycles. The molecule has 0 saturated heterocycles. The van der Waals surface area contributed by atoms with Crippen molar-refractivity contribution in [1.82, 2.24) is 20.6 Å². The fraction of sp³-hybridized carbons (Fsp3) is 0.438. The minimum absolute atomic E-state index is 0.0412. The van der Waals surface area contributed by atoms with Crippen molar-refractivity contribution in [3.8, 4) is 0 Å². The molecular weight excluding hydrogens is 310 g/mol. The summed E-state index contributed by atoms with van der Waals surface area (Å²) in [5, 5.41) is 7.88. The molecule has 0 radical (unpaired) electrons. The fourth-order valence-corrected chi connectivity index (χ4v) is 3.01. The third kappa shape index (κ3) is 4.92. The molecule has 23 heavy (non-hydrogen) atoms. The standard InChI is InChI=1S/C16H23N5OS/c1-5-13(14-7-6-8-23-14)20-16(22)17-10-12-9-11(2)18-15(19-12)21(3)4/h6-9,13H,5,10H2,1-4H3,(H2,17,20,22)/t13-/m0/s1. The molecule has 7 heteroatoms. The Morgan fingerprint density at radius 3 is 2.78 bits per heavy atom. The first kappa shape index (κ1) is 17.2. The molecular formula is C16H23N5OS. The SMILES string of the molecule is CC[C@H](NC(=O)NCc1cc(C)nc(N(C)C)n1)c1cccs1. The molecule has 0 aromatic carbocycles. The highest BCUT2D eigenvalue weighted by Crippen LogP contribution is 2.21. The molecule has 2 amide bonds. The number of nitrogens with one attached hydrogen (secondary N) is 2. The molecule has 2 aromatic rings. The Labute approximate surface area is 141 Å². The number of aryl methyl sites for hydroxylation is 1. The molecule has 0 aliphatic carbocycles. The number of carbonyl (C=O) groups is 1. The molecule has 2 aromatic heterocycles. The molecule has 0 spiro atoms. The molecule has 0 saturated carbocycles. The number of amides is 2. The second-order valence-corrected chi connectivity index (χ2v) is 6.48. The van der Waals surface area contributed by atoms with Gasteiger partial charge >= 0.3 is 6.03 Å². The Hall–Kier alpha value is -2.15. The fourth-order valence-electron chi connectivity index (χ4n) is 2.15. The second-order valence-electron chi connectivity index (χ2n) is 5.50. The molecule has 1 atom stereocenters. The number of hydrogen-bond acceptors (Lipinski definition) is 5. The monoisotopic (exact) mass is 333 g/mol. The van der Waals surface area contributed by atoms with Crippen LogP contribution in [0.5, 0.6) is 0 Å². The van der Waals surface area contributed by atoms with Crippen LogP contribution in [-0.4, -0.2) is 30.1 Å². The van der Waals surface area contributed by atoms with Crippen molar-refractivity contribution in [2.45, 2.75) is 32.9 Å². The van der Waals surface area contributed by atoms with Gasteiger partial charge < -0.3 is 15.5 Å². The van der Waals surface area contributed by atoms with E-state index >= 15 is 0 Å². The van der Waals surface area contributed by atoms with Gasteiger partial charge in [-0.15, -0.1) is 11.3 Å². The van der Waals surface area contributed by atoms with E-state index in [0.29, 0.717) is 12.5 Å². The summed E-state index contributed by atoms with van der Waals surface area (Å²) >= 11 is 1.65. The lowest BCUT2D eigenvalue weighted by Crippen LogP contribution is -2.37. The van der Waals surface area contributed by atoms with Crippen molar-refractivity contribution < 1.29 is 4.79 Å². The average Bonchev–Trinajstić information content (AvgIpc) is 3.04. The van der Waals surface area contributed by atoms with Crippen molar-refractivity contribution in [3.05, 3.63) is 39.8 Å². The summed E-state index contributed by atoms with van der Waals surface area (Å²) in [5.74, 6) is 0.646. The molecule has 124 valence electrons. The quantitative estimate of drug-likeness (QED) is 0.853. The van der Waals surface area contributed by atoms with Crippen LogP contribution < -0.4 is 15.5 Å². The van der Waals surface area contributed by atoms with Crippen molar-refractivity contribution >= 4 is 23.3 Å². The van der Waals surface area contributed by atoms with E-state index < -0.39 is 0 Å². The van der Waals surface area contributed by atoms with Crippen LogP contribution in [0, 0.1) is 6.92 Å². The van der Waals surface area contributed by atoms with Gasteiger partial charge in [0.25, 0.3) is 0 Å². The maximum Gasteiger partial charge on any atom is 0.315 e. The minimum atomic E-state index is -0.187. The summed E-state index contributed by atoms with van der Waals surface area (Å²) in [6.45, 7) is 4.35. The largest absolute Gasteiger partial charge is 0.347 e. The van der Waals surface area contributed by atoms with Crippen molar-refractivity contribution in [3.63, 3.8) is 0 Å². The minimum Gasteiger partial charge on any atom is -0.347 e. The molecule has 0 aliphatic rings. The van der Waals surface area contributed by atoms with Gasteiger partial charge in [-0.2, -0.15) is 0 Å². The van der Waals surface area contributed by atoms with Crippen LogP contribution in [-0.2, 0) is 6.54 Å². The average molecular weight is 333 g/mol. The van der Waals surface area contributed by atoms with Gasteiger partial charge in [-0.1, -0.05) is 13.0 Å². The molecule has 0 fully saturated rings. The van der Waals surface area contributed by atoms with Crippen molar-refractivity contribution in [2.75, 3.05) is 19.0 Å². The smallest absolute Gasteiger partial charge is 0.315 e. The third-order valence-corrected chi connectivity index (χ3v) is 4.31. The number of hydrogen-bond donors (Lipinski definition) is 2. The Balaban J connectivity index is 1.94. The van der Waals surface area contributed by atoms with Gasteiger partial charge in [0.2, 0.25) is 5.95 Å². The number of nitrogens with zero attached hydrogens (tertiary/aromatic N) is 3. The summed E-state index contributed by atoms with van der Waals surface area (Å²) in [5.41, 5.74) is 1.67. The van der Waals surface area contributed by atoms with Crippen LogP contribution in [0.4, 0.5) is 10.7 Å². The lowest BCUT2D eigenvalue weighted by Gasteiger charge is -2.16. The predicted molar refractivity (Wildman–Crippen MR) is 93.8 cm³/mol. The number of thiophene rings is 1. The highest BCUT2D eigenvalue weighted by atomic mass is 32.1. The van der Waals surface area contributed by atoms with Gasteiger partial charge in [-0.25, -0.2) is 14.8 Å². The predicted octanol–water partition coefficient (Wildman–Crippen LogP) is 2.86. The number of rotatable bonds is 6. The number of aromatic nitrogens is 2. The first-order chi connectivity index (χ1) is 11.0. The van der Waals surface area contributed by atoms with E-state index in [4.69, 9.17) is 0 Å². The zero-order valence-corrected chi connectivity index (χ0v) is 14.8. The Morgan fingerprint density at radius 1 is 1.39 bits per heavy atom. The lowest BCUT2D eigenvalue weighted by atomic mass is 10.2. The van der Waals surface area contributed by atoms with Crippen LogP contribution in [0.3, 0.4) is 0 Å². The Bertz CT molecular complexity index is 642. The summed E-state index contributed by atoms with van der Waals surface area (Å²) < 4.78 is 0. The van der Waals surface area contributed by atoms with Crippen LogP contribution in [0.25, 0.3) is 0 Å². The van der Waals surface area contributed by atoms with E-state index in [1.165, 1.54) is 0 Å². The molecule has 2 N–H and O–H groups in total. The van der Waals surface area contributed by atoms with Crippen LogP contribution >= 0.6 is 11.3 Å². The van der Waals surface area contributed by atoms with E-state index in [1.54, 1.807) is 11.3 Å². The number of urea groups is 1. The maximum atomic E-state index is 12.1. The van der Waals surface area contributed by atoms with E-state index in [2.05, 4.69) is 27.5 Å². The zero-order chi connectivity index (χ0) is 16.8. The number of carbonyl (C=O) groups excluding carboxylic acids is 1. The molecule has 6 nitrogen and oxygen atoms in total. The first-order valence-electron chi connectivity index (χ1n) is 7.59. The Morgan fingerprint density at radius 2 is 2.17 bits per heavy atom. The van der Waals surface area contributed by atoms with Crippen molar-refractivity contribution in [1.29, 1.82) is 0 Å². The summed E-state index contributed by atoms with van der Waals surface area (Å²) in [6, 6.07) is 5.77. The van der Waals surface area contributed by atoms with Crippen LogP contribution in [0.2, 0.25) is 0 Å². The van der Waals surface area contributed by atoms with Gasteiger partial charge in [0.1, 0.15) is 0 Å². The highest BCUT2D eigenvalue weighted by Gasteiger charge is 2.13. The van der Waals surface area contributed by atoms with Crippen LogP contribution in [0.15, 0.2) is 23.6 Å². The normalized spacial score (nSPS) is 11.8.